The van der Waals surface area contributed by atoms with Crippen LogP contribution in [0, 0.1) is 0 Å². The number of H-pyrrole nitrogens is 1. The molecule has 2 heterocycles. The maximum absolute atomic E-state index is 12.0. The second kappa shape index (κ2) is 4.81. The molecule has 5 heteroatoms. The van der Waals surface area contributed by atoms with Crippen LogP contribution in [0.1, 0.15) is 28.4 Å². The van der Waals surface area contributed by atoms with Crippen molar-refractivity contribution in [2.75, 3.05) is 6.61 Å². The SMILES string of the molecule is CCOC(=O)c1c(Br)[nH]c2c1CCc1cnccc1-2. The number of rotatable bonds is 2. The van der Waals surface area contributed by atoms with Crippen molar-refractivity contribution in [3.8, 4) is 11.3 Å². The third-order valence-corrected chi connectivity index (χ3v) is 3.95. The molecule has 2 aromatic heterocycles. The third-order valence-electron chi connectivity index (χ3n) is 3.35. The second-order valence-corrected chi connectivity index (χ2v) is 5.21. The highest BCUT2D eigenvalue weighted by Crippen LogP contribution is 2.37. The predicted molar refractivity (Wildman–Crippen MR) is 75.1 cm³/mol. The third kappa shape index (κ3) is 1.98. The molecule has 98 valence electrons. The Morgan fingerprint density at radius 3 is 3.16 bits per heavy atom. The Morgan fingerprint density at radius 2 is 2.37 bits per heavy atom. The Kier molecular flexibility index (Phi) is 3.14. The van der Waals surface area contributed by atoms with Crippen molar-refractivity contribution in [3.63, 3.8) is 0 Å². The van der Waals surface area contributed by atoms with E-state index in [-0.39, 0.29) is 5.97 Å². The van der Waals surface area contributed by atoms with Crippen LogP contribution in [0.2, 0.25) is 0 Å². The van der Waals surface area contributed by atoms with Crippen molar-refractivity contribution in [2.45, 2.75) is 19.8 Å². The van der Waals surface area contributed by atoms with Gasteiger partial charge >= 0.3 is 5.97 Å². The molecule has 3 rings (SSSR count). The monoisotopic (exact) mass is 320 g/mol. The first-order chi connectivity index (χ1) is 9.22. The van der Waals surface area contributed by atoms with Crippen LogP contribution in [0.4, 0.5) is 0 Å². The largest absolute Gasteiger partial charge is 0.462 e. The molecule has 0 aromatic carbocycles. The van der Waals surface area contributed by atoms with Gasteiger partial charge < -0.3 is 9.72 Å². The summed E-state index contributed by atoms with van der Waals surface area (Å²) in [5.74, 6) is -0.274. The summed E-state index contributed by atoms with van der Waals surface area (Å²) in [7, 11) is 0. The van der Waals surface area contributed by atoms with Gasteiger partial charge in [-0.3, -0.25) is 4.98 Å². The summed E-state index contributed by atoms with van der Waals surface area (Å²) < 4.78 is 5.81. The van der Waals surface area contributed by atoms with Gasteiger partial charge in [-0.1, -0.05) is 0 Å². The molecule has 1 N–H and O–H groups in total. The van der Waals surface area contributed by atoms with E-state index in [1.54, 1.807) is 6.20 Å². The van der Waals surface area contributed by atoms with Crippen molar-refractivity contribution < 1.29 is 9.53 Å². The molecule has 0 amide bonds. The number of aromatic amines is 1. The minimum absolute atomic E-state index is 0.274. The predicted octanol–water partition coefficient (Wildman–Crippen LogP) is 3.11. The molecular formula is C14H13BrN2O2. The van der Waals surface area contributed by atoms with Crippen LogP contribution >= 0.6 is 15.9 Å². The van der Waals surface area contributed by atoms with Gasteiger partial charge in [-0.05, 0) is 52.9 Å². The number of fused-ring (bicyclic) bond motifs is 3. The first kappa shape index (κ1) is 12.4. The van der Waals surface area contributed by atoms with Crippen molar-refractivity contribution in [2.24, 2.45) is 0 Å². The minimum Gasteiger partial charge on any atom is -0.462 e. The maximum Gasteiger partial charge on any atom is 0.341 e. The number of carbonyl (C=O) groups excluding carboxylic acids is 1. The van der Waals surface area contributed by atoms with Crippen molar-refractivity contribution in [1.82, 2.24) is 9.97 Å². The lowest BCUT2D eigenvalue weighted by Gasteiger charge is -2.16. The van der Waals surface area contributed by atoms with Gasteiger partial charge in [-0.25, -0.2) is 4.79 Å². The number of hydrogen-bond acceptors (Lipinski definition) is 3. The van der Waals surface area contributed by atoms with Crippen molar-refractivity contribution >= 4 is 21.9 Å². The van der Waals surface area contributed by atoms with E-state index in [0.29, 0.717) is 16.8 Å². The van der Waals surface area contributed by atoms with Gasteiger partial charge in [0, 0.05) is 18.0 Å². The summed E-state index contributed by atoms with van der Waals surface area (Å²) in [5.41, 5.74) is 4.98. The van der Waals surface area contributed by atoms with Crippen molar-refractivity contribution in [1.29, 1.82) is 0 Å². The van der Waals surface area contributed by atoms with E-state index in [1.165, 1.54) is 5.56 Å². The van der Waals surface area contributed by atoms with Gasteiger partial charge in [0.1, 0.15) is 0 Å². The number of hydrogen-bond donors (Lipinski definition) is 1. The fourth-order valence-corrected chi connectivity index (χ4v) is 3.13. The summed E-state index contributed by atoms with van der Waals surface area (Å²) in [4.78, 5) is 19.4. The fraction of sp³-hybridized carbons (Fsp3) is 0.286. The average Bonchev–Trinajstić information content (AvgIpc) is 2.75. The molecule has 2 aromatic rings. The standard InChI is InChI=1S/C14H13BrN2O2/c1-2-19-14(18)11-10-4-3-8-7-16-6-5-9(8)12(10)17-13(11)15/h5-7,17H,2-4H2,1H3. The molecule has 0 aliphatic heterocycles. The Morgan fingerprint density at radius 1 is 1.53 bits per heavy atom. The number of nitrogens with zero attached hydrogens (tertiary/aromatic N) is 1. The molecule has 1 aliphatic carbocycles. The smallest absolute Gasteiger partial charge is 0.341 e. The summed E-state index contributed by atoms with van der Waals surface area (Å²) in [6.45, 7) is 2.19. The van der Waals surface area contributed by atoms with Crippen LogP contribution in [0.3, 0.4) is 0 Å². The van der Waals surface area contributed by atoms with Crippen LogP contribution < -0.4 is 0 Å². The minimum atomic E-state index is -0.274. The lowest BCUT2D eigenvalue weighted by atomic mass is 9.90. The summed E-state index contributed by atoms with van der Waals surface area (Å²) in [6.07, 6.45) is 5.38. The zero-order valence-corrected chi connectivity index (χ0v) is 12.1. The molecule has 0 saturated carbocycles. The molecule has 0 atom stereocenters. The number of carbonyl (C=O) groups is 1. The molecule has 0 fully saturated rings. The lowest BCUT2D eigenvalue weighted by Crippen LogP contribution is -2.10. The summed E-state index contributed by atoms with van der Waals surface area (Å²) in [5, 5.41) is 0. The highest BCUT2D eigenvalue weighted by Gasteiger charge is 2.27. The van der Waals surface area contributed by atoms with Crippen LogP contribution in [-0.4, -0.2) is 22.5 Å². The Balaban J connectivity index is 2.14. The first-order valence-electron chi connectivity index (χ1n) is 6.23. The molecule has 1 aliphatic rings. The maximum atomic E-state index is 12.0. The molecule has 0 spiro atoms. The average molecular weight is 321 g/mol. The van der Waals surface area contributed by atoms with Crippen LogP contribution in [-0.2, 0) is 17.6 Å². The van der Waals surface area contributed by atoms with Crippen molar-refractivity contribution in [3.05, 3.63) is 39.8 Å². The molecular weight excluding hydrogens is 308 g/mol. The number of pyridine rings is 1. The number of halogens is 1. The van der Waals surface area contributed by atoms with Crippen LogP contribution in [0.25, 0.3) is 11.3 Å². The van der Waals surface area contributed by atoms with Gasteiger partial charge in [0.25, 0.3) is 0 Å². The molecule has 19 heavy (non-hydrogen) atoms. The van der Waals surface area contributed by atoms with E-state index in [9.17, 15) is 4.79 Å². The van der Waals surface area contributed by atoms with Crippen LogP contribution in [0.5, 0.6) is 0 Å². The van der Waals surface area contributed by atoms with Gasteiger partial charge in [0.2, 0.25) is 0 Å². The molecule has 0 radical (unpaired) electrons. The normalized spacial score (nSPS) is 12.7. The van der Waals surface area contributed by atoms with Gasteiger partial charge in [0.15, 0.2) is 0 Å². The number of aryl methyl sites for hydroxylation is 1. The van der Waals surface area contributed by atoms with Crippen LogP contribution in [0.15, 0.2) is 23.1 Å². The Bertz CT molecular complexity index is 649. The molecule has 0 bridgehead atoms. The zero-order chi connectivity index (χ0) is 13.4. The Labute approximate surface area is 119 Å². The molecule has 0 unspecified atom stereocenters. The summed E-state index contributed by atoms with van der Waals surface area (Å²) >= 11 is 3.43. The van der Waals surface area contributed by atoms with E-state index in [1.807, 2.05) is 19.2 Å². The van der Waals surface area contributed by atoms with E-state index >= 15 is 0 Å². The molecule has 0 saturated heterocycles. The molecule has 4 nitrogen and oxygen atoms in total. The number of nitrogens with one attached hydrogen (secondary N) is 1. The number of esters is 1. The van der Waals surface area contributed by atoms with Gasteiger partial charge in [-0.2, -0.15) is 0 Å². The first-order valence-corrected chi connectivity index (χ1v) is 7.02. The lowest BCUT2D eigenvalue weighted by molar-refractivity contribution is 0.0524. The zero-order valence-electron chi connectivity index (χ0n) is 10.5. The van der Waals surface area contributed by atoms with E-state index in [0.717, 1.165) is 29.7 Å². The highest BCUT2D eigenvalue weighted by molar-refractivity contribution is 9.10. The van der Waals surface area contributed by atoms with E-state index in [2.05, 4.69) is 25.9 Å². The van der Waals surface area contributed by atoms with E-state index in [4.69, 9.17) is 4.74 Å². The quantitative estimate of drug-likeness (QED) is 0.865. The van der Waals surface area contributed by atoms with E-state index < -0.39 is 0 Å². The number of ether oxygens (including phenoxy) is 1. The topological polar surface area (TPSA) is 55.0 Å². The van der Waals surface area contributed by atoms with Gasteiger partial charge in [-0.15, -0.1) is 0 Å². The number of aromatic nitrogens is 2. The van der Waals surface area contributed by atoms with Gasteiger partial charge in [0.05, 0.1) is 22.5 Å². The summed E-state index contributed by atoms with van der Waals surface area (Å²) in [6, 6.07) is 1.98. The second-order valence-electron chi connectivity index (χ2n) is 4.42. The highest BCUT2D eigenvalue weighted by atomic mass is 79.9. The Hall–Kier alpha value is -1.62. The fourth-order valence-electron chi connectivity index (χ4n) is 2.53.